The number of halogens is 1. The first kappa shape index (κ1) is 9.91. The first-order valence-electron chi connectivity index (χ1n) is 4.56. The molecule has 0 nitrogen and oxygen atoms in total. The fraction of sp³-hybridized carbons (Fsp3) is 1.00. The molecule has 0 amide bonds. The zero-order valence-electron chi connectivity index (χ0n) is 7.18. The van der Waals surface area contributed by atoms with E-state index < -0.39 is 0 Å². The number of hydrogen-bond donors (Lipinski definition) is 0. The van der Waals surface area contributed by atoms with Crippen molar-refractivity contribution in [3.63, 3.8) is 0 Å². The van der Waals surface area contributed by atoms with Crippen molar-refractivity contribution in [1.29, 1.82) is 0 Å². The highest BCUT2D eigenvalue weighted by Gasteiger charge is 2.24. The van der Waals surface area contributed by atoms with Crippen LogP contribution in [0.15, 0.2) is 0 Å². The van der Waals surface area contributed by atoms with Crippen LogP contribution < -0.4 is 0 Å². The molecule has 1 aliphatic heterocycles. The zero-order valence-corrected chi connectivity index (χ0v) is 9.59. The molecule has 2 unspecified atom stereocenters. The summed E-state index contributed by atoms with van der Waals surface area (Å²) >= 11 is 5.84. The smallest absolute Gasteiger partial charge is 0.0272 e. The van der Waals surface area contributed by atoms with Gasteiger partial charge in [0, 0.05) is 10.6 Å². The average Bonchev–Trinajstić information content (AvgIpc) is 2.37. The summed E-state index contributed by atoms with van der Waals surface area (Å²) < 4.78 is 0. The van der Waals surface area contributed by atoms with E-state index in [4.69, 9.17) is 0 Å². The fourth-order valence-electron chi connectivity index (χ4n) is 1.49. The summed E-state index contributed by atoms with van der Waals surface area (Å²) in [5.74, 6) is 3.68. The van der Waals surface area contributed by atoms with Crippen LogP contribution in [0, 0.1) is 5.92 Å². The predicted molar refractivity (Wildman–Crippen MR) is 57.7 cm³/mol. The summed E-state index contributed by atoms with van der Waals surface area (Å²) in [7, 11) is 0. The van der Waals surface area contributed by atoms with Gasteiger partial charge in [-0.2, -0.15) is 11.8 Å². The molecule has 0 aromatic carbocycles. The van der Waals surface area contributed by atoms with Crippen LogP contribution in [-0.2, 0) is 0 Å². The van der Waals surface area contributed by atoms with E-state index in [0.29, 0.717) is 0 Å². The topological polar surface area (TPSA) is 0 Å². The van der Waals surface area contributed by atoms with Crippen molar-refractivity contribution in [2.45, 2.75) is 37.4 Å². The molecule has 0 aromatic rings. The Morgan fingerprint density at radius 3 is 2.73 bits per heavy atom. The van der Waals surface area contributed by atoms with Crippen LogP contribution in [-0.4, -0.2) is 16.3 Å². The Balaban J connectivity index is 2.05. The van der Waals surface area contributed by atoms with Crippen LogP contribution >= 0.6 is 27.7 Å². The molecule has 0 aliphatic carbocycles. The van der Waals surface area contributed by atoms with Crippen molar-refractivity contribution in [3.05, 3.63) is 0 Å². The van der Waals surface area contributed by atoms with Crippen molar-refractivity contribution in [2.24, 2.45) is 5.92 Å². The number of thioether (sulfide) groups is 1. The van der Waals surface area contributed by atoms with Crippen molar-refractivity contribution in [3.8, 4) is 0 Å². The lowest BCUT2D eigenvalue weighted by atomic mass is 10.0. The molecule has 1 aliphatic rings. The minimum absolute atomic E-state index is 0.810. The van der Waals surface area contributed by atoms with Gasteiger partial charge in [-0.3, -0.25) is 0 Å². The molecular formula is C9H17BrS. The Morgan fingerprint density at radius 2 is 2.18 bits per heavy atom. The van der Waals surface area contributed by atoms with E-state index in [2.05, 4.69) is 34.6 Å². The Bertz CT molecular complexity index is 106. The minimum atomic E-state index is 0.810. The third-order valence-corrected chi connectivity index (χ3v) is 5.06. The lowest BCUT2D eigenvalue weighted by Gasteiger charge is -2.11. The molecule has 11 heavy (non-hydrogen) atoms. The third kappa shape index (κ3) is 3.37. The number of unbranched alkanes of at least 4 members (excludes halogenated alkanes) is 2. The molecule has 66 valence electrons. The predicted octanol–water partition coefficient (Wildman–Crippen LogP) is 3.69. The number of rotatable bonds is 4. The van der Waals surface area contributed by atoms with Crippen LogP contribution in [0.3, 0.4) is 0 Å². The average molecular weight is 237 g/mol. The van der Waals surface area contributed by atoms with Gasteiger partial charge in [-0.05, 0) is 18.1 Å². The summed E-state index contributed by atoms with van der Waals surface area (Å²) in [6, 6.07) is 0. The van der Waals surface area contributed by atoms with Gasteiger partial charge in [0.05, 0.1) is 0 Å². The van der Waals surface area contributed by atoms with Crippen molar-refractivity contribution < 1.29 is 0 Å². The maximum Gasteiger partial charge on any atom is 0.0272 e. The van der Waals surface area contributed by atoms with E-state index in [1.807, 2.05) is 0 Å². The summed E-state index contributed by atoms with van der Waals surface area (Å²) in [4.78, 5) is 0.810. The SMILES string of the molecule is CCCCCC1CSCC1Br. The lowest BCUT2D eigenvalue weighted by molar-refractivity contribution is 0.518. The molecule has 0 aromatic heterocycles. The van der Waals surface area contributed by atoms with E-state index in [1.54, 1.807) is 0 Å². The molecule has 0 N–H and O–H groups in total. The molecule has 1 rings (SSSR count). The second-order valence-corrected chi connectivity index (χ2v) is 5.56. The zero-order chi connectivity index (χ0) is 8.10. The molecule has 0 spiro atoms. The molecule has 0 bridgehead atoms. The van der Waals surface area contributed by atoms with Gasteiger partial charge in [0.1, 0.15) is 0 Å². The van der Waals surface area contributed by atoms with Gasteiger partial charge in [0.2, 0.25) is 0 Å². The molecule has 1 saturated heterocycles. The van der Waals surface area contributed by atoms with E-state index in [9.17, 15) is 0 Å². The molecular weight excluding hydrogens is 220 g/mol. The molecule has 0 saturated carbocycles. The first-order chi connectivity index (χ1) is 5.34. The first-order valence-corrected chi connectivity index (χ1v) is 6.63. The van der Waals surface area contributed by atoms with Crippen LogP contribution in [0.4, 0.5) is 0 Å². The highest BCUT2D eigenvalue weighted by molar-refractivity contribution is 9.09. The summed E-state index contributed by atoms with van der Waals surface area (Å²) in [5, 5.41) is 0. The summed E-state index contributed by atoms with van der Waals surface area (Å²) in [6.45, 7) is 2.27. The monoisotopic (exact) mass is 236 g/mol. The Labute approximate surface area is 82.6 Å². The molecule has 2 atom stereocenters. The second-order valence-electron chi connectivity index (χ2n) is 3.31. The van der Waals surface area contributed by atoms with Crippen molar-refractivity contribution >= 4 is 27.7 Å². The van der Waals surface area contributed by atoms with Gasteiger partial charge in [-0.15, -0.1) is 0 Å². The van der Waals surface area contributed by atoms with Crippen LogP contribution in [0.1, 0.15) is 32.6 Å². The molecule has 1 heterocycles. The second kappa shape index (κ2) is 5.47. The van der Waals surface area contributed by atoms with E-state index in [1.165, 1.54) is 37.2 Å². The Morgan fingerprint density at radius 1 is 1.36 bits per heavy atom. The van der Waals surface area contributed by atoms with Crippen LogP contribution in [0.5, 0.6) is 0 Å². The fourth-order valence-corrected chi connectivity index (χ4v) is 4.09. The maximum atomic E-state index is 3.74. The van der Waals surface area contributed by atoms with Gasteiger partial charge in [0.15, 0.2) is 0 Å². The van der Waals surface area contributed by atoms with Gasteiger partial charge in [-0.1, -0.05) is 42.1 Å². The largest absolute Gasteiger partial charge is 0.161 e. The van der Waals surface area contributed by atoms with Gasteiger partial charge >= 0.3 is 0 Å². The lowest BCUT2D eigenvalue weighted by Crippen LogP contribution is -2.10. The Kier molecular flexibility index (Phi) is 4.93. The quantitative estimate of drug-likeness (QED) is 0.530. The minimum Gasteiger partial charge on any atom is -0.161 e. The summed E-state index contributed by atoms with van der Waals surface area (Å²) in [5.41, 5.74) is 0. The van der Waals surface area contributed by atoms with Crippen LogP contribution in [0.25, 0.3) is 0 Å². The van der Waals surface area contributed by atoms with Crippen molar-refractivity contribution in [2.75, 3.05) is 11.5 Å². The van der Waals surface area contributed by atoms with Crippen molar-refractivity contribution in [1.82, 2.24) is 0 Å². The van der Waals surface area contributed by atoms with Gasteiger partial charge < -0.3 is 0 Å². The van der Waals surface area contributed by atoms with Crippen LogP contribution in [0.2, 0.25) is 0 Å². The standard InChI is InChI=1S/C9H17BrS/c1-2-3-4-5-8-6-11-7-9(8)10/h8-9H,2-7H2,1H3. The number of hydrogen-bond acceptors (Lipinski definition) is 1. The third-order valence-electron chi connectivity index (χ3n) is 2.30. The summed E-state index contributed by atoms with van der Waals surface area (Å²) in [6.07, 6.45) is 5.65. The molecule has 0 radical (unpaired) electrons. The highest BCUT2D eigenvalue weighted by atomic mass is 79.9. The Hall–Kier alpha value is 0.830. The molecule has 2 heteroatoms. The van der Waals surface area contributed by atoms with Gasteiger partial charge in [0.25, 0.3) is 0 Å². The van der Waals surface area contributed by atoms with E-state index in [0.717, 1.165) is 10.7 Å². The maximum absolute atomic E-state index is 3.74. The van der Waals surface area contributed by atoms with E-state index >= 15 is 0 Å². The molecule has 1 fully saturated rings. The van der Waals surface area contributed by atoms with E-state index in [-0.39, 0.29) is 0 Å². The van der Waals surface area contributed by atoms with Gasteiger partial charge in [-0.25, -0.2) is 0 Å². The number of alkyl halides is 1. The normalized spacial score (nSPS) is 31.1. The highest BCUT2D eigenvalue weighted by Crippen LogP contribution is 2.33.